The van der Waals surface area contributed by atoms with Crippen LogP contribution in [0.25, 0.3) is 5.82 Å². The Morgan fingerprint density at radius 1 is 1.24 bits per heavy atom. The Labute approximate surface area is 174 Å². The van der Waals surface area contributed by atoms with E-state index in [4.69, 9.17) is 0 Å². The minimum atomic E-state index is 0.686. The zero-order chi connectivity index (χ0) is 20.6. The van der Waals surface area contributed by atoms with Gasteiger partial charge in [-0.15, -0.1) is 0 Å². The fourth-order valence-corrected chi connectivity index (χ4v) is 4.05. The van der Waals surface area contributed by atoms with Crippen molar-refractivity contribution in [3.8, 4) is 5.82 Å². The number of hydrogen-bond donors (Lipinski definition) is 2. The van der Waals surface area contributed by atoms with E-state index in [1.165, 1.54) is 32.2 Å². The summed E-state index contributed by atoms with van der Waals surface area (Å²) in [4.78, 5) is 11.5. The van der Waals surface area contributed by atoms with Gasteiger partial charge in [0.1, 0.15) is 0 Å². The van der Waals surface area contributed by atoms with Gasteiger partial charge in [0, 0.05) is 44.6 Å². The van der Waals surface area contributed by atoms with Gasteiger partial charge in [-0.1, -0.05) is 19.4 Å². The number of pyridine rings is 1. The van der Waals surface area contributed by atoms with Gasteiger partial charge in [0.2, 0.25) is 0 Å². The van der Waals surface area contributed by atoms with Crippen LogP contribution in [-0.4, -0.2) is 58.3 Å². The van der Waals surface area contributed by atoms with E-state index >= 15 is 0 Å². The summed E-state index contributed by atoms with van der Waals surface area (Å²) in [6, 6.07) is 6.89. The number of hydrogen-bond acceptors (Lipinski definition) is 4. The van der Waals surface area contributed by atoms with E-state index in [9.17, 15) is 0 Å². The fourth-order valence-electron chi connectivity index (χ4n) is 4.05. The highest BCUT2D eigenvalue weighted by molar-refractivity contribution is 5.79. The van der Waals surface area contributed by atoms with Crippen LogP contribution in [0.3, 0.4) is 0 Å². The van der Waals surface area contributed by atoms with Crippen molar-refractivity contribution in [2.45, 2.75) is 59.0 Å². The number of rotatable bonds is 7. The predicted molar refractivity (Wildman–Crippen MR) is 119 cm³/mol. The molecule has 2 aromatic heterocycles. The third-order valence-electron chi connectivity index (χ3n) is 5.63. The molecule has 3 heterocycles. The van der Waals surface area contributed by atoms with Gasteiger partial charge in [-0.05, 0) is 57.4 Å². The summed E-state index contributed by atoms with van der Waals surface area (Å²) in [5.41, 5.74) is 3.20. The number of piperidine rings is 1. The van der Waals surface area contributed by atoms with E-state index in [0.29, 0.717) is 6.54 Å². The Bertz CT molecular complexity index is 794. The number of aliphatic imine (C=N–C) groups is 1. The molecule has 0 spiro atoms. The molecule has 2 aromatic rings. The van der Waals surface area contributed by atoms with Crippen LogP contribution < -0.4 is 10.6 Å². The van der Waals surface area contributed by atoms with Gasteiger partial charge in [0.25, 0.3) is 0 Å². The second-order valence-electron chi connectivity index (χ2n) is 7.81. The van der Waals surface area contributed by atoms with E-state index in [0.717, 1.165) is 47.9 Å². The number of aromatic nitrogens is 3. The number of nitrogens with one attached hydrogen (secondary N) is 2. The van der Waals surface area contributed by atoms with Crippen LogP contribution in [-0.2, 0) is 6.54 Å². The normalized spacial score (nSPS) is 18.1. The third-order valence-corrected chi connectivity index (χ3v) is 5.63. The van der Waals surface area contributed by atoms with Crippen molar-refractivity contribution in [2.75, 3.05) is 26.7 Å². The monoisotopic (exact) mass is 397 g/mol. The van der Waals surface area contributed by atoms with Gasteiger partial charge in [-0.25, -0.2) is 9.67 Å². The van der Waals surface area contributed by atoms with Crippen molar-refractivity contribution >= 4 is 5.96 Å². The summed E-state index contributed by atoms with van der Waals surface area (Å²) in [5, 5.41) is 11.3. The Kier molecular flexibility index (Phi) is 7.63. The van der Waals surface area contributed by atoms with Crippen molar-refractivity contribution in [1.29, 1.82) is 0 Å². The van der Waals surface area contributed by atoms with E-state index < -0.39 is 0 Å². The molecule has 0 amide bonds. The zero-order valence-corrected chi connectivity index (χ0v) is 18.3. The maximum Gasteiger partial charge on any atom is 0.191 e. The van der Waals surface area contributed by atoms with Gasteiger partial charge in [-0.3, -0.25) is 9.89 Å². The average molecular weight is 398 g/mol. The number of guanidine groups is 1. The second kappa shape index (κ2) is 10.4. The van der Waals surface area contributed by atoms with Crippen molar-refractivity contribution in [2.24, 2.45) is 4.99 Å². The van der Waals surface area contributed by atoms with E-state index in [1.807, 2.05) is 37.8 Å². The van der Waals surface area contributed by atoms with Crippen LogP contribution in [0, 0.1) is 13.8 Å². The minimum absolute atomic E-state index is 0.686. The largest absolute Gasteiger partial charge is 0.355 e. The maximum atomic E-state index is 4.56. The van der Waals surface area contributed by atoms with Gasteiger partial charge < -0.3 is 10.6 Å². The molecule has 0 aromatic carbocycles. The highest BCUT2D eigenvalue weighted by atomic mass is 15.3. The summed E-state index contributed by atoms with van der Waals surface area (Å²) >= 11 is 0. The SMILES string of the molecule is CCC1CCCCN1CCNC(=NC)NCc1ccc(-n2nc(C)cc2C)nc1. The van der Waals surface area contributed by atoms with Crippen LogP contribution in [0.4, 0.5) is 0 Å². The first-order valence-electron chi connectivity index (χ1n) is 10.8. The second-order valence-corrected chi connectivity index (χ2v) is 7.81. The molecule has 0 radical (unpaired) electrons. The lowest BCUT2D eigenvalue weighted by molar-refractivity contribution is 0.147. The maximum absolute atomic E-state index is 4.56. The Hall–Kier alpha value is -2.41. The Morgan fingerprint density at radius 3 is 2.76 bits per heavy atom. The lowest BCUT2D eigenvalue weighted by atomic mass is 10.0. The van der Waals surface area contributed by atoms with E-state index in [1.54, 1.807) is 0 Å². The first-order valence-corrected chi connectivity index (χ1v) is 10.8. The van der Waals surface area contributed by atoms with Crippen molar-refractivity contribution < 1.29 is 0 Å². The molecular formula is C22H35N7. The summed E-state index contributed by atoms with van der Waals surface area (Å²) in [5.74, 6) is 1.67. The lowest BCUT2D eigenvalue weighted by Gasteiger charge is -2.35. The molecule has 1 unspecified atom stereocenters. The fraction of sp³-hybridized carbons (Fsp3) is 0.591. The van der Waals surface area contributed by atoms with Crippen LogP contribution in [0.15, 0.2) is 29.4 Å². The molecule has 0 saturated carbocycles. The average Bonchev–Trinajstić information content (AvgIpc) is 3.09. The highest BCUT2D eigenvalue weighted by Crippen LogP contribution is 2.18. The Balaban J connectivity index is 1.46. The smallest absolute Gasteiger partial charge is 0.191 e. The highest BCUT2D eigenvalue weighted by Gasteiger charge is 2.19. The van der Waals surface area contributed by atoms with Gasteiger partial charge in [0.15, 0.2) is 11.8 Å². The summed E-state index contributed by atoms with van der Waals surface area (Å²) in [6.07, 6.45) is 7.17. The van der Waals surface area contributed by atoms with Gasteiger partial charge in [-0.2, -0.15) is 5.10 Å². The molecule has 158 valence electrons. The molecule has 3 rings (SSSR count). The van der Waals surface area contributed by atoms with Gasteiger partial charge in [0.05, 0.1) is 5.69 Å². The zero-order valence-electron chi connectivity index (χ0n) is 18.3. The van der Waals surface area contributed by atoms with E-state index in [2.05, 4.69) is 49.7 Å². The molecular weight excluding hydrogens is 362 g/mol. The molecule has 1 saturated heterocycles. The Morgan fingerprint density at radius 2 is 2.10 bits per heavy atom. The van der Waals surface area contributed by atoms with Gasteiger partial charge >= 0.3 is 0 Å². The molecule has 1 fully saturated rings. The molecule has 7 heteroatoms. The molecule has 7 nitrogen and oxygen atoms in total. The minimum Gasteiger partial charge on any atom is -0.355 e. The molecule has 1 aliphatic rings. The third kappa shape index (κ3) is 5.79. The molecule has 2 N–H and O–H groups in total. The molecule has 0 aliphatic carbocycles. The van der Waals surface area contributed by atoms with Crippen LogP contribution in [0.2, 0.25) is 0 Å². The summed E-state index contributed by atoms with van der Waals surface area (Å²) in [7, 11) is 1.81. The lowest BCUT2D eigenvalue weighted by Crippen LogP contribution is -2.45. The van der Waals surface area contributed by atoms with E-state index in [-0.39, 0.29) is 0 Å². The van der Waals surface area contributed by atoms with Crippen molar-refractivity contribution in [1.82, 2.24) is 30.3 Å². The van der Waals surface area contributed by atoms with Crippen LogP contribution in [0.5, 0.6) is 0 Å². The number of likely N-dealkylation sites (tertiary alicyclic amines) is 1. The molecule has 1 atom stereocenters. The summed E-state index contributed by atoms with van der Waals surface area (Å²) < 4.78 is 1.87. The molecule has 1 aliphatic heterocycles. The quantitative estimate of drug-likeness (QED) is 0.555. The first kappa shape index (κ1) is 21.3. The standard InChI is InChI=1S/C22H35N7/c1-5-20-8-6-7-12-28(20)13-11-24-22(23-4)26-16-19-9-10-21(25-15-19)29-18(3)14-17(2)27-29/h9-10,14-15,20H,5-8,11-13,16H2,1-4H3,(H2,23,24,26). The van der Waals surface area contributed by atoms with Crippen LogP contribution in [0.1, 0.15) is 49.6 Å². The predicted octanol–water partition coefficient (Wildman–Crippen LogP) is 2.81. The number of aryl methyl sites for hydroxylation is 2. The van der Waals surface area contributed by atoms with Crippen molar-refractivity contribution in [3.05, 3.63) is 41.3 Å². The first-order chi connectivity index (χ1) is 14.1. The summed E-state index contributed by atoms with van der Waals surface area (Å²) in [6.45, 7) is 10.2. The molecule has 29 heavy (non-hydrogen) atoms. The van der Waals surface area contributed by atoms with Crippen molar-refractivity contribution in [3.63, 3.8) is 0 Å². The molecule has 0 bridgehead atoms. The topological polar surface area (TPSA) is 70.4 Å². The number of nitrogens with zero attached hydrogens (tertiary/aromatic N) is 5. The van der Waals surface area contributed by atoms with Crippen LogP contribution >= 0.6 is 0 Å².